The van der Waals surface area contributed by atoms with E-state index >= 15 is 0 Å². The van der Waals surface area contributed by atoms with E-state index in [0.717, 1.165) is 55.9 Å². The summed E-state index contributed by atoms with van der Waals surface area (Å²) in [6.07, 6.45) is 13.7. The van der Waals surface area contributed by atoms with Crippen LogP contribution in [0.2, 0.25) is 0 Å². The van der Waals surface area contributed by atoms with Crippen LogP contribution in [-0.2, 0) is 11.8 Å². The minimum absolute atomic E-state index is 0.0436. The van der Waals surface area contributed by atoms with E-state index in [-0.39, 0.29) is 23.3 Å². The van der Waals surface area contributed by atoms with Gasteiger partial charge in [-0.25, -0.2) is 0 Å². The minimum atomic E-state index is -0.725. The molecule has 6 unspecified atom stereocenters. The lowest BCUT2D eigenvalue weighted by atomic mass is 9.42. The van der Waals surface area contributed by atoms with Gasteiger partial charge >= 0.3 is 0 Å². The van der Waals surface area contributed by atoms with Crippen LogP contribution in [0.4, 0.5) is 0 Å². The zero-order valence-corrected chi connectivity index (χ0v) is 19.1. The second-order valence-electron chi connectivity index (χ2n) is 12.6. The van der Waals surface area contributed by atoms with Crippen LogP contribution in [0, 0.1) is 29.6 Å². The fourth-order valence-electron chi connectivity index (χ4n) is 10.0. The first-order valence-corrected chi connectivity index (χ1v) is 13.6. The third kappa shape index (κ3) is 2.18. The molecule has 1 aromatic rings. The molecule has 0 aromatic heterocycles. The van der Waals surface area contributed by atoms with Crippen molar-refractivity contribution in [3.8, 4) is 11.5 Å². The quantitative estimate of drug-likeness (QED) is 0.723. The molecule has 4 nitrogen and oxygen atoms in total. The standard InChI is InChI=1S/C28H37NO3/c30-22-10-8-18-13-23-28(31)14-21-19-4-2-1-3-17(19)7-9-20(21)26-27(28,24(18)25(22)32-26)11-12-29(23)15-16-5-6-16/h8,10,16-17,19-21,23,26,30-31H,1-7,9,11-15H2/t17?,19?,20?,21?,23?,26?,27-,28+/m0/s1. The van der Waals surface area contributed by atoms with E-state index in [0.29, 0.717) is 11.8 Å². The number of aliphatic hydroxyl groups is 1. The molecule has 4 saturated carbocycles. The van der Waals surface area contributed by atoms with Crippen LogP contribution >= 0.6 is 0 Å². The lowest BCUT2D eigenvalue weighted by Crippen LogP contribution is -2.78. The summed E-state index contributed by atoms with van der Waals surface area (Å²) in [5.74, 6) is 4.60. The van der Waals surface area contributed by atoms with Crippen molar-refractivity contribution in [1.29, 1.82) is 0 Å². The number of hydrogen-bond acceptors (Lipinski definition) is 4. The number of fused-ring (bicyclic) bond motifs is 4. The van der Waals surface area contributed by atoms with Crippen molar-refractivity contribution in [3.63, 3.8) is 0 Å². The van der Waals surface area contributed by atoms with Gasteiger partial charge in [-0.2, -0.15) is 0 Å². The van der Waals surface area contributed by atoms with Gasteiger partial charge in [-0.05, 0) is 93.2 Å². The van der Waals surface area contributed by atoms with Crippen LogP contribution in [-0.4, -0.2) is 45.9 Å². The zero-order valence-electron chi connectivity index (χ0n) is 19.1. The van der Waals surface area contributed by atoms with Crippen molar-refractivity contribution in [2.24, 2.45) is 29.6 Å². The molecule has 8 rings (SSSR count). The summed E-state index contributed by atoms with van der Waals surface area (Å²) in [5, 5.41) is 23.8. The van der Waals surface area contributed by atoms with Crippen molar-refractivity contribution in [1.82, 2.24) is 4.90 Å². The van der Waals surface area contributed by atoms with Crippen molar-refractivity contribution in [2.45, 2.75) is 93.8 Å². The Labute approximate surface area is 191 Å². The normalized spacial score (nSPS) is 48.4. The first-order valence-electron chi connectivity index (χ1n) is 13.6. The number of ether oxygens (including phenoxy) is 1. The van der Waals surface area contributed by atoms with Gasteiger partial charge in [0.1, 0.15) is 6.10 Å². The molecule has 1 saturated heterocycles. The molecule has 1 spiro atoms. The molecule has 0 amide bonds. The van der Waals surface area contributed by atoms with Gasteiger partial charge in [-0.3, -0.25) is 4.90 Å². The fourth-order valence-corrected chi connectivity index (χ4v) is 10.0. The number of benzene rings is 1. The Bertz CT molecular complexity index is 974. The van der Waals surface area contributed by atoms with Crippen LogP contribution in [0.5, 0.6) is 11.5 Å². The Morgan fingerprint density at radius 1 is 1.00 bits per heavy atom. The molecule has 4 heteroatoms. The molecule has 2 N–H and O–H groups in total. The molecule has 2 bridgehead atoms. The van der Waals surface area contributed by atoms with Gasteiger partial charge in [-0.15, -0.1) is 0 Å². The molecule has 5 fully saturated rings. The second-order valence-corrected chi connectivity index (χ2v) is 12.6. The molecule has 1 aromatic carbocycles. The molecule has 32 heavy (non-hydrogen) atoms. The van der Waals surface area contributed by atoms with Crippen molar-refractivity contribution < 1.29 is 14.9 Å². The molecule has 172 valence electrons. The minimum Gasteiger partial charge on any atom is -0.504 e. The van der Waals surface area contributed by atoms with E-state index < -0.39 is 5.60 Å². The number of hydrogen-bond donors (Lipinski definition) is 2. The highest BCUT2D eigenvalue weighted by molar-refractivity contribution is 5.62. The van der Waals surface area contributed by atoms with Crippen LogP contribution in [0.3, 0.4) is 0 Å². The topological polar surface area (TPSA) is 52.9 Å². The highest BCUT2D eigenvalue weighted by atomic mass is 16.5. The Kier molecular flexibility index (Phi) is 3.72. The highest BCUT2D eigenvalue weighted by Gasteiger charge is 2.75. The highest BCUT2D eigenvalue weighted by Crippen LogP contribution is 2.70. The largest absolute Gasteiger partial charge is 0.504 e. The zero-order chi connectivity index (χ0) is 21.2. The summed E-state index contributed by atoms with van der Waals surface area (Å²) in [7, 11) is 0. The maximum absolute atomic E-state index is 12.9. The SMILES string of the molecule is Oc1ccc2c3c1OC1C4CCC5CCCCC5C4C[C@@]4(O)C(C2)N(CC2CC2)CC[C@]314. The predicted molar refractivity (Wildman–Crippen MR) is 122 cm³/mol. The molecular weight excluding hydrogens is 398 g/mol. The van der Waals surface area contributed by atoms with Crippen LogP contribution in [0.1, 0.15) is 75.3 Å². The molecular formula is C28H37NO3. The summed E-state index contributed by atoms with van der Waals surface area (Å²) in [5.41, 5.74) is 1.50. The molecule has 2 heterocycles. The predicted octanol–water partition coefficient (Wildman–Crippen LogP) is 4.40. The Balaban J connectivity index is 1.30. The third-order valence-electron chi connectivity index (χ3n) is 11.4. The van der Waals surface area contributed by atoms with Gasteiger partial charge in [0.25, 0.3) is 0 Å². The van der Waals surface area contributed by atoms with E-state index in [1.54, 1.807) is 0 Å². The maximum atomic E-state index is 12.9. The average molecular weight is 436 g/mol. The number of nitrogens with zero attached hydrogens (tertiary/aromatic N) is 1. The van der Waals surface area contributed by atoms with Gasteiger partial charge < -0.3 is 14.9 Å². The maximum Gasteiger partial charge on any atom is 0.165 e. The first-order chi connectivity index (χ1) is 15.6. The Hall–Kier alpha value is -1.26. The summed E-state index contributed by atoms with van der Waals surface area (Å²) in [4.78, 5) is 2.68. The average Bonchev–Trinajstić information content (AvgIpc) is 3.54. The number of aromatic hydroxyl groups is 1. The number of likely N-dealkylation sites (tertiary alicyclic amines) is 1. The smallest absolute Gasteiger partial charge is 0.165 e. The first kappa shape index (κ1) is 19.1. The van der Waals surface area contributed by atoms with Crippen molar-refractivity contribution >= 4 is 0 Å². The van der Waals surface area contributed by atoms with Gasteiger partial charge in [-0.1, -0.05) is 25.3 Å². The van der Waals surface area contributed by atoms with Crippen LogP contribution in [0.15, 0.2) is 12.1 Å². The molecule has 5 aliphatic carbocycles. The van der Waals surface area contributed by atoms with E-state index in [4.69, 9.17) is 4.74 Å². The summed E-state index contributed by atoms with van der Waals surface area (Å²) < 4.78 is 6.82. The molecule has 0 radical (unpaired) electrons. The lowest BCUT2D eigenvalue weighted by molar-refractivity contribution is -0.227. The summed E-state index contributed by atoms with van der Waals surface area (Å²) in [6, 6.07) is 4.19. The van der Waals surface area contributed by atoms with Gasteiger partial charge in [0.05, 0.1) is 11.0 Å². The molecule has 7 aliphatic rings. The van der Waals surface area contributed by atoms with Gasteiger partial charge in [0, 0.05) is 24.1 Å². The van der Waals surface area contributed by atoms with Crippen LogP contribution in [0.25, 0.3) is 0 Å². The second kappa shape index (κ2) is 6.24. The Morgan fingerprint density at radius 3 is 2.75 bits per heavy atom. The van der Waals surface area contributed by atoms with Gasteiger partial charge in [0.15, 0.2) is 11.5 Å². The third-order valence-corrected chi connectivity index (χ3v) is 11.4. The van der Waals surface area contributed by atoms with E-state index in [1.165, 1.54) is 62.5 Å². The summed E-state index contributed by atoms with van der Waals surface area (Å²) >= 11 is 0. The van der Waals surface area contributed by atoms with E-state index in [9.17, 15) is 10.2 Å². The molecule has 8 atom stereocenters. The van der Waals surface area contributed by atoms with E-state index in [1.807, 2.05) is 6.07 Å². The summed E-state index contributed by atoms with van der Waals surface area (Å²) in [6.45, 7) is 2.23. The van der Waals surface area contributed by atoms with Crippen molar-refractivity contribution in [3.05, 3.63) is 23.3 Å². The number of piperidine rings is 1. The van der Waals surface area contributed by atoms with Gasteiger partial charge in [0.2, 0.25) is 0 Å². The lowest BCUT2D eigenvalue weighted by Gasteiger charge is -2.67. The Morgan fingerprint density at radius 2 is 1.88 bits per heavy atom. The number of phenolic OH excluding ortho intramolecular Hbond substituents is 1. The van der Waals surface area contributed by atoms with E-state index in [2.05, 4.69) is 11.0 Å². The monoisotopic (exact) mass is 435 g/mol. The molecule has 2 aliphatic heterocycles. The van der Waals surface area contributed by atoms with Crippen LogP contribution < -0.4 is 4.74 Å². The number of phenols is 1. The number of rotatable bonds is 2. The fraction of sp³-hybridized carbons (Fsp3) is 0.786. The van der Waals surface area contributed by atoms with Crippen molar-refractivity contribution in [2.75, 3.05) is 13.1 Å².